The largest absolute Gasteiger partial charge is 0.354 e. The third-order valence-electron chi connectivity index (χ3n) is 3.34. The lowest BCUT2D eigenvalue weighted by molar-refractivity contribution is -0.137. The van der Waals surface area contributed by atoms with E-state index in [1.54, 1.807) is 4.90 Å². The van der Waals surface area contributed by atoms with Gasteiger partial charge in [0.25, 0.3) is 0 Å². The topological polar surface area (TPSA) is 66.5 Å². The van der Waals surface area contributed by atoms with E-state index < -0.39 is 0 Å². The van der Waals surface area contributed by atoms with Gasteiger partial charge in [-0.25, -0.2) is 0 Å². The molecule has 2 rings (SSSR count). The number of hydrogen-bond acceptors (Lipinski definition) is 4. The SMILES string of the molecule is CC(=O)SC1CC(=O)N(C2CCCCNC2=O)C1. The predicted octanol–water partition coefficient (Wildman–Crippen LogP) is 0.536. The van der Waals surface area contributed by atoms with Crippen LogP contribution in [-0.4, -0.2) is 46.2 Å². The molecule has 0 saturated carbocycles. The van der Waals surface area contributed by atoms with Gasteiger partial charge in [0.2, 0.25) is 11.8 Å². The Hall–Kier alpha value is -1.04. The van der Waals surface area contributed by atoms with Crippen LogP contribution in [0.15, 0.2) is 0 Å². The van der Waals surface area contributed by atoms with Gasteiger partial charge in [0.05, 0.1) is 0 Å². The zero-order valence-electron chi connectivity index (χ0n) is 10.5. The first-order valence-electron chi connectivity index (χ1n) is 6.32. The molecular formula is C12H18N2O3S. The van der Waals surface area contributed by atoms with Gasteiger partial charge in [0, 0.05) is 31.7 Å². The van der Waals surface area contributed by atoms with E-state index in [4.69, 9.17) is 0 Å². The van der Waals surface area contributed by atoms with Crippen molar-refractivity contribution in [2.24, 2.45) is 0 Å². The van der Waals surface area contributed by atoms with Gasteiger partial charge in [-0.15, -0.1) is 0 Å². The Labute approximate surface area is 111 Å². The number of rotatable bonds is 2. The number of nitrogens with zero attached hydrogens (tertiary/aromatic N) is 1. The Kier molecular flexibility index (Phi) is 4.27. The van der Waals surface area contributed by atoms with Gasteiger partial charge in [-0.1, -0.05) is 11.8 Å². The van der Waals surface area contributed by atoms with E-state index in [-0.39, 0.29) is 28.2 Å². The molecular weight excluding hydrogens is 252 g/mol. The minimum atomic E-state index is -0.336. The third kappa shape index (κ3) is 3.04. The van der Waals surface area contributed by atoms with Crippen molar-refractivity contribution >= 4 is 28.7 Å². The minimum Gasteiger partial charge on any atom is -0.354 e. The number of carbonyl (C=O) groups is 3. The fourth-order valence-corrected chi connectivity index (χ4v) is 3.46. The Balaban J connectivity index is 2.01. The summed E-state index contributed by atoms with van der Waals surface area (Å²) < 4.78 is 0. The van der Waals surface area contributed by atoms with E-state index in [1.807, 2.05) is 0 Å². The molecule has 2 atom stereocenters. The summed E-state index contributed by atoms with van der Waals surface area (Å²) in [6, 6.07) is -0.336. The molecule has 2 fully saturated rings. The molecule has 0 aromatic heterocycles. The molecule has 0 bridgehead atoms. The van der Waals surface area contributed by atoms with Crippen LogP contribution in [0.5, 0.6) is 0 Å². The maximum atomic E-state index is 11.9. The average molecular weight is 270 g/mol. The van der Waals surface area contributed by atoms with Crippen molar-refractivity contribution in [3.05, 3.63) is 0 Å². The van der Waals surface area contributed by atoms with Gasteiger partial charge in [0.1, 0.15) is 6.04 Å². The second-order valence-electron chi connectivity index (χ2n) is 4.78. The second kappa shape index (κ2) is 5.73. The highest BCUT2D eigenvalue weighted by Gasteiger charge is 2.38. The highest BCUT2D eigenvalue weighted by molar-refractivity contribution is 8.14. The minimum absolute atomic E-state index is 0.00389. The summed E-state index contributed by atoms with van der Waals surface area (Å²) in [6.07, 6.45) is 3.02. The van der Waals surface area contributed by atoms with Gasteiger partial charge in [-0.05, 0) is 19.3 Å². The lowest BCUT2D eigenvalue weighted by Crippen LogP contribution is -2.46. The molecule has 0 aromatic carbocycles. The molecule has 0 spiro atoms. The molecule has 2 aliphatic rings. The molecule has 6 heteroatoms. The summed E-state index contributed by atoms with van der Waals surface area (Å²) in [5, 5.41) is 2.87. The van der Waals surface area contributed by atoms with Gasteiger partial charge >= 0.3 is 0 Å². The zero-order valence-corrected chi connectivity index (χ0v) is 11.3. The van der Waals surface area contributed by atoms with E-state index in [0.717, 1.165) is 19.3 Å². The number of nitrogens with one attached hydrogen (secondary N) is 1. The number of amides is 2. The van der Waals surface area contributed by atoms with E-state index >= 15 is 0 Å². The van der Waals surface area contributed by atoms with Crippen molar-refractivity contribution < 1.29 is 14.4 Å². The maximum Gasteiger partial charge on any atom is 0.242 e. The van der Waals surface area contributed by atoms with Crippen LogP contribution in [0.1, 0.15) is 32.6 Å². The standard InChI is InChI=1S/C12H18N2O3S/c1-8(15)18-9-6-11(16)14(7-9)10-4-2-3-5-13-12(10)17/h9-10H,2-7H2,1H3,(H,13,17). The van der Waals surface area contributed by atoms with Crippen molar-refractivity contribution in [1.29, 1.82) is 0 Å². The molecule has 100 valence electrons. The van der Waals surface area contributed by atoms with Crippen molar-refractivity contribution in [3.8, 4) is 0 Å². The fourth-order valence-electron chi connectivity index (χ4n) is 2.53. The lowest BCUT2D eigenvalue weighted by Gasteiger charge is -2.25. The molecule has 2 unspecified atom stereocenters. The van der Waals surface area contributed by atoms with Crippen LogP contribution in [0.25, 0.3) is 0 Å². The lowest BCUT2D eigenvalue weighted by atomic mass is 10.1. The summed E-state index contributed by atoms with van der Waals surface area (Å²) in [7, 11) is 0. The molecule has 0 radical (unpaired) electrons. The van der Waals surface area contributed by atoms with E-state index in [9.17, 15) is 14.4 Å². The molecule has 2 saturated heterocycles. The Morgan fingerprint density at radius 2 is 2.17 bits per heavy atom. The van der Waals surface area contributed by atoms with Crippen molar-refractivity contribution in [2.45, 2.75) is 43.9 Å². The summed E-state index contributed by atoms with van der Waals surface area (Å²) in [6.45, 7) is 2.72. The highest BCUT2D eigenvalue weighted by atomic mass is 32.2. The van der Waals surface area contributed by atoms with Crippen LogP contribution in [0.2, 0.25) is 0 Å². The average Bonchev–Trinajstić information content (AvgIpc) is 2.50. The van der Waals surface area contributed by atoms with Crippen LogP contribution in [-0.2, 0) is 14.4 Å². The summed E-state index contributed by atoms with van der Waals surface area (Å²) in [5.74, 6) is -0.0508. The van der Waals surface area contributed by atoms with Crippen LogP contribution < -0.4 is 5.32 Å². The molecule has 18 heavy (non-hydrogen) atoms. The first kappa shape index (κ1) is 13.4. The van der Waals surface area contributed by atoms with E-state index in [2.05, 4.69) is 5.32 Å². The van der Waals surface area contributed by atoms with Gasteiger partial charge < -0.3 is 10.2 Å². The van der Waals surface area contributed by atoms with Gasteiger partial charge in [0.15, 0.2) is 5.12 Å². The predicted molar refractivity (Wildman–Crippen MR) is 69.0 cm³/mol. The van der Waals surface area contributed by atoms with E-state index in [0.29, 0.717) is 19.5 Å². The van der Waals surface area contributed by atoms with E-state index in [1.165, 1.54) is 18.7 Å². The summed E-state index contributed by atoms with van der Waals surface area (Å²) >= 11 is 1.21. The Morgan fingerprint density at radius 3 is 2.89 bits per heavy atom. The monoisotopic (exact) mass is 270 g/mol. The molecule has 0 aromatic rings. The molecule has 2 amide bonds. The van der Waals surface area contributed by atoms with Crippen LogP contribution in [0, 0.1) is 0 Å². The van der Waals surface area contributed by atoms with Crippen LogP contribution in [0.3, 0.4) is 0 Å². The van der Waals surface area contributed by atoms with Crippen LogP contribution >= 0.6 is 11.8 Å². The zero-order chi connectivity index (χ0) is 13.1. The van der Waals surface area contributed by atoms with Gasteiger partial charge in [-0.2, -0.15) is 0 Å². The number of likely N-dealkylation sites (tertiary alicyclic amines) is 1. The number of hydrogen-bond donors (Lipinski definition) is 1. The van der Waals surface area contributed by atoms with Gasteiger partial charge in [-0.3, -0.25) is 14.4 Å². The molecule has 1 N–H and O–H groups in total. The summed E-state index contributed by atoms with van der Waals surface area (Å²) in [4.78, 5) is 36.6. The van der Waals surface area contributed by atoms with Crippen molar-refractivity contribution in [3.63, 3.8) is 0 Å². The molecule has 0 aliphatic carbocycles. The quantitative estimate of drug-likeness (QED) is 0.795. The number of carbonyl (C=O) groups excluding carboxylic acids is 3. The number of thioether (sulfide) groups is 1. The molecule has 2 heterocycles. The summed E-state index contributed by atoms with van der Waals surface area (Å²) in [5.41, 5.74) is 0. The molecule has 5 nitrogen and oxygen atoms in total. The third-order valence-corrected chi connectivity index (χ3v) is 4.32. The van der Waals surface area contributed by atoms with Crippen molar-refractivity contribution in [2.75, 3.05) is 13.1 Å². The smallest absolute Gasteiger partial charge is 0.242 e. The molecule has 2 aliphatic heterocycles. The normalized spacial score (nSPS) is 29.1. The Morgan fingerprint density at radius 1 is 1.39 bits per heavy atom. The van der Waals surface area contributed by atoms with Crippen molar-refractivity contribution in [1.82, 2.24) is 10.2 Å². The first-order chi connectivity index (χ1) is 8.58. The van der Waals surface area contributed by atoms with Crippen LogP contribution in [0.4, 0.5) is 0 Å². The maximum absolute atomic E-state index is 11.9. The fraction of sp³-hybridized carbons (Fsp3) is 0.750. The second-order valence-corrected chi connectivity index (χ2v) is 6.26. The Bertz CT molecular complexity index is 372. The highest BCUT2D eigenvalue weighted by Crippen LogP contribution is 2.27. The first-order valence-corrected chi connectivity index (χ1v) is 7.20.